The van der Waals surface area contributed by atoms with Gasteiger partial charge in [0, 0.05) is 176 Å². The smallest absolute Gasteiger partial charge is 0.224 e. The van der Waals surface area contributed by atoms with Gasteiger partial charge in [-0.1, -0.05) is 46.4 Å². The molecule has 5 atom stereocenters. The number of hydrogen-bond acceptors (Lipinski definition) is 24. The van der Waals surface area contributed by atoms with E-state index in [1.54, 1.807) is 24.8 Å². The van der Waals surface area contributed by atoms with E-state index >= 15 is 0 Å². The Morgan fingerprint density at radius 1 is 0.371 bits per heavy atom. The van der Waals surface area contributed by atoms with E-state index in [1.807, 2.05) is 175 Å². The van der Waals surface area contributed by atoms with Crippen LogP contribution in [-0.2, 0) is 38.1 Å². The third kappa shape index (κ3) is 22.3. The number of aromatic nitrogens is 12. The van der Waals surface area contributed by atoms with Gasteiger partial charge in [0.1, 0.15) is 0 Å². The average Bonchev–Trinajstić information content (AvgIpc) is 1.63. The van der Waals surface area contributed by atoms with Crippen molar-refractivity contribution in [1.82, 2.24) is 99.1 Å². The zero-order chi connectivity index (χ0) is 91.3. The number of benzene rings is 4. The Bertz CT molecular complexity index is 5890. The van der Waals surface area contributed by atoms with Crippen molar-refractivity contribution in [1.29, 1.82) is 0 Å². The van der Waals surface area contributed by atoms with Crippen molar-refractivity contribution >= 4 is 137 Å². The summed E-state index contributed by atoms with van der Waals surface area (Å²) in [6.07, 6.45) is 21.3. The molecule has 4 aromatic carbocycles. The van der Waals surface area contributed by atoms with Crippen LogP contribution in [0.4, 0.5) is 23.3 Å². The van der Waals surface area contributed by atoms with Crippen LogP contribution in [0.2, 0.25) is 20.1 Å². The molecule has 36 heteroatoms. The summed E-state index contributed by atoms with van der Waals surface area (Å²) >= 11 is 24.3. The van der Waals surface area contributed by atoms with E-state index < -0.39 is 0 Å². The van der Waals surface area contributed by atoms with Crippen LogP contribution in [-0.4, -0.2) is 335 Å². The number of likely N-dealkylation sites (tertiary alicyclic amines) is 3. The number of anilines is 4. The number of carbonyl (C=O) groups is 4. The van der Waals surface area contributed by atoms with Gasteiger partial charge in [0.05, 0.1) is 147 Å². The van der Waals surface area contributed by atoms with Gasteiger partial charge in [-0.25, -0.2) is 18.7 Å². The topological polar surface area (TPSA) is 284 Å². The number of piperidine rings is 2. The molecule has 0 radical (unpaired) electrons. The fraction of sp³-hybridized carbons (Fsp3) is 0.458. The van der Waals surface area contributed by atoms with E-state index in [1.165, 1.54) is 0 Å². The van der Waals surface area contributed by atoms with Crippen molar-refractivity contribution < 1.29 is 38.1 Å². The number of carbonyl (C=O) groups excluding carboxylic acids is 4. The third-order valence-corrected chi connectivity index (χ3v) is 27.4. The number of piperazine rings is 1. The monoisotopic (exact) mass is 1870 g/mol. The summed E-state index contributed by atoms with van der Waals surface area (Å²) in [7, 11) is 10.5. The Balaban J connectivity index is 0.000000123. The maximum atomic E-state index is 13.2. The molecule has 0 aliphatic carbocycles. The predicted molar refractivity (Wildman–Crippen MR) is 516 cm³/mol. The van der Waals surface area contributed by atoms with Gasteiger partial charge >= 0.3 is 0 Å². The Kier molecular flexibility index (Phi) is 30.7. The Morgan fingerprint density at radius 2 is 0.689 bits per heavy atom. The Hall–Kier alpha value is -10.7. The van der Waals surface area contributed by atoms with Crippen LogP contribution in [0.15, 0.2) is 171 Å². The third-order valence-electron chi connectivity index (χ3n) is 26.4. The standard InChI is InChI=1S/C25H31ClN6O2.2C24H29ClN6O2.C23H27ClN6O2/c1-30-10-7-18(8-11-30)15-28-24(33)14-21-17-34-13-12-31(21)25-22-6-9-27-16-23(22)32(29-25)20-4-2-19(26)3-5-20;1-28(2)19-8-10-29(15-19)23(32)13-20-16-33-12-11-30(20)24-21-7-9-26-14-22(21)31(27-24)18-5-3-17(25)4-6-18;1-29-10-7-18(8-11-29)27-23(32)14-20-16-33-13-12-30(20)24-21-6-9-26-15-22(21)31(28-24)19-4-2-17(25)3-5-19;1-27-8-10-28(11-9-27)22(31)14-19-16-32-13-12-29(19)23-20-6-7-25-15-21(20)30(26-23)18-4-2-17(24)3-5-18/h2-6,9,16,18,21H,7-8,10-15,17H2,1H3,(H,28,33);3-7,9,14,19-20H,8,10-13,15-16H2,1-2H3;2-6,9,15,18,20H,7-8,10-14,16H2,1H3,(H,27,32);2-7,15,19H,8-14,16H2,1H3/t;19-,20?;;/m.0../s1. The first kappa shape index (κ1) is 93.1. The van der Waals surface area contributed by atoms with Crippen molar-refractivity contribution in [2.24, 2.45) is 5.92 Å². The fourth-order valence-corrected chi connectivity index (χ4v) is 19.2. The number of ether oxygens (including phenoxy) is 4. The van der Waals surface area contributed by atoms with Crippen LogP contribution in [0, 0.1) is 5.92 Å². The van der Waals surface area contributed by atoms with Crippen molar-refractivity contribution in [3.63, 3.8) is 0 Å². The maximum Gasteiger partial charge on any atom is 0.224 e. The highest BCUT2D eigenvalue weighted by Gasteiger charge is 2.38. The largest absolute Gasteiger partial charge is 0.377 e. The molecule has 32 nitrogen and oxygen atoms in total. The van der Waals surface area contributed by atoms with Gasteiger partial charge in [0.15, 0.2) is 23.3 Å². The molecule has 0 spiro atoms. The summed E-state index contributed by atoms with van der Waals surface area (Å²) in [5, 5.41) is 33.0. The molecule has 696 valence electrons. The van der Waals surface area contributed by atoms with Crippen LogP contribution in [0.5, 0.6) is 0 Å². The zero-order valence-electron chi connectivity index (χ0n) is 75.5. The highest BCUT2D eigenvalue weighted by atomic mass is 35.5. The Morgan fingerprint density at radius 3 is 1.03 bits per heavy atom. The van der Waals surface area contributed by atoms with Crippen molar-refractivity contribution in [2.45, 2.75) is 94.0 Å². The zero-order valence-corrected chi connectivity index (χ0v) is 78.5. The molecule has 8 fully saturated rings. The highest BCUT2D eigenvalue weighted by Crippen LogP contribution is 2.38. The van der Waals surface area contributed by atoms with Gasteiger partial charge in [0.25, 0.3) is 0 Å². The molecule has 2 N–H and O–H groups in total. The van der Waals surface area contributed by atoms with Crippen molar-refractivity contribution in [3.8, 4) is 22.7 Å². The van der Waals surface area contributed by atoms with Crippen LogP contribution < -0.4 is 30.2 Å². The summed E-state index contributed by atoms with van der Waals surface area (Å²) in [6.45, 7) is 17.2. The second-order valence-electron chi connectivity index (χ2n) is 35.5. The minimum atomic E-state index is -0.0741. The van der Waals surface area contributed by atoms with Gasteiger partial charge in [0.2, 0.25) is 23.6 Å². The van der Waals surface area contributed by atoms with Gasteiger partial charge < -0.3 is 78.6 Å². The number of fused-ring (bicyclic) bond motifs is 4. The average molecular weight is 1880 g/mol. The molecule has 8 saturated heterocycles. The van der Waals surface area contributed by atoms with E-state index in [9.17, 15) is 19.2 Å². The second kappa shape index (κ2) is 43.5. The molecule has 4 unspecified atom stereocenters. The van der Waals surface area contributed by atoms with E-state index in [0.717, 1.165) is 194 Å². The predicted octanol–water partition coefficient (Wildman–Crippen LogP) is 11.3. The minimum Gasteiger partial charge on any atom is -0.377 e. The van der Waals surface area contributed by atoms with Gasteiger partial charge in [-0.15, -0.1) is 20.4 Å². The molecule has 8 aromatic heterocycles. The van der Waals surface area contributed by atoms with Gasteiger partial charge in [-0.05, 0) is 221 Å². The molecular formula is C96H116Cl4N24O8. The summed E-state index contributed by atoms with van der Waals surface area (Å²) in [6, 6.07) is 38.7. The lowest BCUT2D eigenvalue weighted by Crippen LogP contribution is -2.51. The van der Waals surface area contributed by atoms with Crippen molar-refractivity contribution in [3.05, 3.63) is 191 Å². The SMILES string of the molecule is CN(C)[C@H]1CCN(C(=O)CC2COCCN2c2nn(-c3ccc(Cl)cc3)c3cnccc23)C1.CN1CCC(CNC(=O)CC2COCCN2c2nn(-c3ccc(Cl)cc3)c3cnccc23)CC1.CN1CCC(NC(=O)CC2COCCN2c2nn(-c3ccc(Cl)cc3)c3cnccc23)CC1.CN1CCN(C(=O)CC2COCCN2c2nn(-c3ccc(Cl)cc3)c3cnccc23)CC1. The van der Waals surface area contributed by atoms with E-state index in [-0.39, 0.29) is 53.8 Å². The van der Waals surface area contributed by atoms with Crippen LogP contribution in [0.3, 0.4) is 0 Å². The summed E-state index contributed by atoms with van der Waals surface area (Å²) in [5.74, 6) is 4.49. The summed E-state index contributed by atoms with van der Waals surface area (Å²) in [5.41, 5.74) is 7.31. The van der Waals surface area contributed by atoms with Gasteiger partial charge in [-0.3, -0.25) is 39.1 Å². The lowest BCUT2D eigenvalue weighted by molar-refractivity contribution is -0.134. The maximum absolute atomic E-state index is 13.2. The number of pyridine rings is 4. The van der Waals surface area contributed by atoms with Crippen LogP contribution >= 0.6 is 46.4 Å². The molecule has 8 aliphatic heterocycles. The second-order valence-corrected chi connectivity index (χ2v) is 37.3. The lowest BCUT2D eigenvalue weighted by atomic mass is 9.97. The van der Waals surface area contributed by atoms with E-state index in [0.29, 0.717) is 137 Å². The molecule has 12 aromatic rings. The first-order valence-electron chi connectivity index (χ1n) is 45.8. The number of nitrogens with zero attached hydrogens (tertiary/aromatic N) is 22. The number of rotatable bonds is 20. The number of nitrogens with one attached hydrogen (secondary N) is 2. The number of likely N-dealkylation sites (N-methyl/N-ethyl adjacent to an activating group) is 2. The number of amides is 4. The first-order chi connectivity index (χ1) is 64.3. The molecule has 8 aliphatic rings. The van der Waals surface area contributed by atoms with E-state index in [4.69, 9.17) is 85.7 Å². The van der Waals surface area contributed by atoms with Crippen LogP contribution in [0.1, 0.15) is 57.8 Å². The normalized spacial score (nSPS) is 20.5. The fourth-order valence-electron chi connectivity index (χ4n) is 18.7. The Labute approximate surface area is 788 Å². The molecule has 0 bridgehead atoms. The number of halogens is 4. The highest BCUT2D eigenvalue weighted by molar-refractivity contribution is 6.31. The molecule has 16 heterocycles. The molecule has 132 heavy (non-hydrogen) atoms. The molecule has 20 rings (SSSR count). The van der Waals surface area contributed by atoms with Crippen LogP contribution in [0.25, 0.3) is 66.4 Å². The lowest BCUT2D eigenvalue weighted by Gasteiger charge is -2.38. The van der Waals surface area contributed by atoms with Gasteiger partial charge in [-0.2, -0.15) is 0 Å². The number of morpholine rings is 4. The summed E-state index contributed by atoms with van der Waals surface area (Å²) in [4.78, 5) is 91.2. The molecule has 0 saturated carbocycles. The quantitative estimate of drug-likeness (QED) is 0.0717. The molecule has 4 amide bonds. The number of hydrogen-bond donors (Lipinski definition) is 2. The first-order valence-corrected chi connectivity index (χ1v) is 47.3. The summed E-state index contributed by atoms with van der Waals surface area (Å²) < 4.78 is 30.7. The van der Waals surface area contributed by atoms with E-state index in [2.05, 4.69) is 105 Å². The molecular weight excluding hydrogens is 1760 g/mol. The van der Waals surface area contributed by atoms with Crippen molar-refractivity contribution in [2.75, 3.05) is 206 Å². The minimum absolute atomic E-state index is 0.0548.